The zero-order valence-corrected chi connectivity index (χ0v) is 16.8. The van der Waals surface area contributed by atoms with E-state index in [0.717, 1.165) is 12.8 Å². The minimum Gasteiger partial charge on any atom is -0.402 e. The third kappa shape index (κ3) is 4.56. The van der Waals surface area contributed by atoms with E-state index in [1.54, 1.807) is 31.3 Å². The largest absolute Gasteiger partial charge is 0.402 e. The van der Waals surface area contributed by atoms with Crippen molar-refractivity contribution in [3.05, 3.63) is 35.7 Å². The number of pyridine rings is 2. The molecule has 2 aromatic rings. The lowest BCUT2D eigenvalue weighted by molar-refractivity contribution is -0.111. The molecule has 28 heavy (non-hydrogen) atoms. The Kier molecular flexibility index (Phi) is 6.08. The summed E-state index contributed by atoms with van der Waals surface area (Å²) in [5.41, 5.74) is 14.7. The summed E-state index contributed by atoms with van der Waals surface area (Å²) in [6, 6.07) is 5.31. The number of amidine groups is 1. The van der Waals surface area contributed by atoms with E-state index in [0.29, 0.717) is 49.8 Å². The number of Topliss-reactive ketones (excluding diaryl/α,β-unsaturated/α-hetero) is 1. The predicted octanol–water partition coefficient (Wildman–Crippen LogP) is 3.76. The first-order chi connectivity index (χ1) is 13.3. The molecule has 3 rings (SSSR count). The molecule has 1 aliphatic carbocycles. The number of aromatic nitrogens is 2. The summed E-state index contributed by atoms with van der Waals surface area (Å²) in [5.74, 6) is 0.612. The maximum Gasteiger partial charge on any atom is 0.166 e. The van der Waals surface area contributed by atoms with Gasteiger partial charge in [0.25, 0.3) is 0 Å². The Balaban J connectivity index is 1.87. The van der Waals surface area contributed by atoms with Crippen LogP contribution >= 0.6 is 11.8 Å². The van der Waals surface area contributed by atoms with Crippen molar-refractivity contribution in [1.29, 1.82) is 5.41 Å². The first-order valence-electron chi connectivity index (χ1n) is 9.20. The van der Waals surface area contributed by atoms with Gasteiger partial charge in [0.1, 0.15) is 0 Å². The van der Waals surface area contributed by atoms with Crippen molar-refractivity contribution < 1.29 is 4.79 Å². The third-order valence-corrected chi connectivity index (χ3v) is 5.58. The third-order valence-electron chi connectivity index (χ3n) is 4.72. The smallest absolute Gasteiger partial charge is 0.166 e. The van der Waals surface area contributed by atoms with E-state index in [1.807, 2.05) is 0 Å². The van der Waals surface area contributed by atoms with Gasteiger partial charge in [-0.15, -0.1) is 0 Å². The summed E-state index contributed by atoms with van der Waals surface area (Å²) in [5, 5.41) is 9.06. The van der Waals surface area contributed by atoms with Crippen molar-refractivity contribution in [1.82, 2.24) is 9.97 Å². The normalized spacial score (nSPS) is 16.3. The van der Waals surface area contributed by atoms with Crippen LogP contribution in [0.4, 0.5) is 5.82 Å². The second-order valence-corrected chi connectivity index (χ2v) is 8.01. The maximum atomic E-state index is 11.9. The second kappa shape index (κ2) is 8.52. The lowest BCUT2D eigenvalue weighted by Gasteiger charge is -2.09. The average Bonchev–Trinajstić information content (AvgIpc) is 3.15. The number of aliphatic imine (C=N–C) groups is 1. The van der Waals surface area contributed by atoms with Crippen molar-refractivity contribution >= 4 is 50.2 Å². The fourth-order valence-corrected chi connectivity index (χ4v) is 4.19. The van der Waals surface area contributed by atoms with Crippen LogP contribution in [0.2, 0.25) is 0 Å². The molecule has 1 fully saturated rings. The molecule has 0 saturated heterocycles. The van der Waals surface area contributed by atoms with Gasteiger partial charge in [0.05, 0.1) is 16.1 Å². The average molecular weight is 397 g/mol. The molecule has 5 N–H and O–H groups in total. The minimum atomic E-state index is -0.124. The van der Waals surface area contributed by atoms with E-state index in [4.69, 9.17) is 16.9 Å². The zero-order chi connectivity index (χ0) is 20.3. The summed E-state index contributed by atoms with van der Waals surface area (Å²) in [6.07, 6.45) is 6.06. The highest BCUT2D eigenvalue weighted by atomic mass is 32.2. The van der Waals surface area contributed by atoms with Crippen molar-refractivity contribution in [3.8, 4) is 0 Å². The van der Waals surface area contributed by atoms with Crippen molar-refractivity contribution in [2.75, 3.05) is 0 Å². The molecule has 8 heteroatoms. The van der Waals surface area contributed by atoms with Gasteiger partial charge in [0.2, 0.25) is 0 Å². The predicted molar refractivity (Wildman–Crippen MR) is 116 cm³/mol. The number of carbonyl (C=O) groups excluding carboxylic acids is 1. The molecule has 7 nitrogen and oxygen atoms in total. The highest BCUT2D eigenvalue weighted by molar-refractivity contribution is 8.26. The van der Waals surface area contributed by atoms with Crippen molar-refractivity contribution in [2.24, 2.45) is 22.4 Å². The molecule has 0 unspecified atom stereocenters. The molecular weight excluding hydrogens is 372 g/mol. The van der Waals surface area contributed by atoms with E-state index in [1.165, 1.54) is 31.5 Å². The van der Waals surface area contributed by atoms with Crippen LogP contribution in [-0.2, 0) is 4.79 Å². The number of ketones is 1. The molecule has 0 atom stereocenters. The van der Waals surface area contributed by atoms with E-state index in [2.05, 4.69) is 15.0 Å². The summed E-state index contributed by atoms with van der Waals surface area (Å²) < 4.78 is 0. The van der Waals surface area contributed by atoms with Gasteiger partial charge in [-0.25, -0.2) is 9.98 Å². The molecule has 0 amide bonds. The van der Waals surface area contributed by atoms with Gasteiger partial charge in [-0.1, -0.05) is 12.8 Å². The topological polar surface area (TPSA) is 131 Å². The number of hydrogen-bond acceptors (Lipinski definition) is 7. The highest BCUT2D eigenvalue weighted by Crippen LogP contribution is 2.30. The Morgan fingerprint density at radius 2 is 1.93 bits per heavy atom. The lowest BCUT2D eigenvalue weighted by atomic mass is 10.0. The van der Waals surface area contributed by atoms with Crippen LogP contribution in [0.1, 0.15) is 45.1 Å². The Morgan fingerprint density at radius 1 is 1.21 bits per heavy atom. The Morgan fingerprint density at radius 3 is 2.57 bits per heavy atom. The molecule has 2 aromatic heterocycles. The fourth-order valence-electron chi connectivity index (χ4n) is 3.42. The molecule has 0 radical (unpaired) electrons. The summed E-state index contributed by atoms with van der Waals surface area (Å²) in [4.78, 5) is 25.1. The number of hydrogen-bond donors (Lipinski definition) is 3. The molecule has 0 bridgehead atoms. The van der Waals surface area contributed by atoms with Gasteiger partial charge in [0, 0.05) is 28.9 Å². The number of carbonyl (C=O) groups is 1. The number of allylic oxidation sites excluding steroid dienone is 2. The Bertz CT molecular complexity index is 987. The second-order valence-electron chi connectivity index (χ2n) is 6.94. The highest BCUT2D eigenvalue weighted by Gasteiger charge is 2.21. The van der Waals surface area contributed by atoms with Gasteiger partial charge >= 0.3 is 0 Å². The number of fused-ring (bicyclic) bond motifs is 1. The fraction of sp³-hybridized carbons (Fsp3) is 0.350. The number of nitrogens with one attached hydrogen (secondary N) is 1. The van der Waals surface area contributed by atoms with Gasteiger partial charge in [0.15, 0.2) is 16.8 Å². The quantitative estimate of drug-likeness (QED) is 0.410. The summed E-state index contributed by atoms with van der Waals surface area (Å²) in [7, 11) is 0. The molecule has 0 spiro atoms. The van der Waals surface area contributed by atoms with Crippen LogP contribution in [0, 0.1) is 11.3 Å². The number of nitrogens with zero attached hydrogens (tertiary/aromatic N) is 3. The maximum absolute atomic E-state index is 11.9. The minimum absolute atomic E-state index is 0.124. The Hall–Kier alpha value is -2.74. The van der Waals surface area contributed by atoms with Crippen LogP contribution in [0.25, 0.3) is 16.6 Å². The molecule has 0 aliphatic heterocycles. The van der Waals surface area contributed by atoms with Crippen LogP contribution in [0.5, 0.6) is 0 Å². The SMILES string of the molecule is CC(=O)C(=C(C)N)c1cnc2ccc(N=C(N)SC(=N)C3CCCC3)nc2c1. The monoisotopic (exact) mass is 396 g/mol. The Labute approximate surface area is 168 Å². The number of rotatable bonds is 4. The van der Waals surface area contributed by atoms with Gasteiger partial charge in [-0.05, 0) is 56.7 Å². The van der Waals surface area contributed by atoms with Crippen LogP contribution in [0.15, 0.2) is 35.1 Å². The molecule has 2 heterocycles. The molecule has 1 aliphatic rings. The van der Waals surface area contributed by atoms with E-state index < -0.39 is 0 Å². The summed E-state index contributed by atoms with van der Waals surface area (Å²) in [6.45, 7) is 3.16. The zero-order valence-electron chi connectivity index (χ0n) is 16.0. The molecule has 0 aromatic carbocycles. The van der Waals surface area contributed by atoms with Gasteiger partial charge < -0.3 is 11.5 Å². The number of thioether (sulfide) groups is 1. The first-order valence-corrected chi connectivity index (χ1v) is 10.0. The first kappa shape index (κ1) is 20.0. The van der Waals surface area contributed by atoms with E-state index in [9.17, 15) is 4.79 Å². The van der Waals surface area contributed by atoms with E-state index >= 15 is 0 Å². The van der Waals surface area contributed by atoms with Crippen LogP contribution in [-0.4, -0.2) is 26.0 Å². The van der Waals surface area contributed by atoms with E-state index in [-0.39, 0.29) is 5.78 Å². The molecule has 1 saturated carbocycles. The van der Waals surface area contributed by atoms with Crippen molar-refractivity contribution in [2.45, 2.75) is 39.5 Å². The van der Waals surface area contributed by atoms with Crippen LogP contribution < -0.4 is 11.5 Å². The summed E-state index contributed by atoms with van der Waals surface area (Å²) >= 11 is 1.20. The molecule has 146 valence electrons. The lowest BCUT2D eigenvalue weighted by Crippen LogP contribution is -2.14. The van der Waals surface area contributed by atoms with Gasteiger partial charge in [-0.2, -0.15) is 0 Å². The standard InChI is InChI=1S/C20H24N6OS/c1-11(21)18(12(2)27)14-9-16-15(24-10-14)7-8-17(25-16)26-20(23)28-19(22)13-5-3-4-6-13/h7-10,13,22H,3-6,21H2,1-2H3,(H2,23,25,26). The van der Waals surface area contributed by atoms with Gasteiger partial charge in [-0.3, -0.25) is 15.2 Å². The van der Waals surface area contributed by atoms with Crippen molar-refractivity contribution in [3.63, 3.8) is 0 Å². The van der Waals surface area contributed by atoms with Crippen LogP contribution in [0.3, 0.4) is 0 Å². The molecular formula is C20H24N6OS. The number of nitrogens with two attached hydrogens (primary N) is 2.